The number of anilines is 1. The lowest BCUT2D eigenvalue weighted by Crippen LogP contribution is -2.56. The molecule has 170 valence electrons. The standard InChI is InChI=1S/C24H37N5O2/c1-16(2)28-14-21-9-10-22(15-28)29(21)24-25-11-18(12-26-24)13-27(4)23(31)20-7-5-19(6-8-20)17(3)30/h11-12,16,19-22H,5-10,13-15H2,1-4H3/t19-,20-,21?,22?. The highest BCUT2D eigenvalue weighted by Gasteiger charge is 2.41. The van der Waals surface area contributed by atoms with Crippen molar-refractivity contribution in [1.29, 1.82) is 0 Å². The third-order valence-electron chi connectivity index (χ3n) is 7.61. The van der Waals surface area contributed by atoms with E-state index in [2.05, 4.69) is 33.6 Å². The number of carbonyl (C=O) groups is 2. The number of hydrogen-bond donors (Lipinski definition) is 0. The second kappa shape index (κ2) is 9.23. The number of likely N-dealkylation sites (tertiary alicyclic amines) is 1. The number of aromatic nitrogens is 2. The second-order valence-corrected chi connectivity index (χ2v) is 10.1. The normalized spacial score (nSPS) is 28.7. The number of nitrogens with zero attached hydrogens (tertiary/aromatic N) is 5. The van der Waals surface area contributed by atoms with Crippen molar-refractivity contribution < 1.29 is 9.59 Å². The van der Waals surface area contributed by atoms with Gasteiger partial charge in [0.25, 0.3) is 0 Å². The van der Waals surface area contributed by atoms with Crippen molar-refractivity contribution in [2.75, 3.05) is 25.0 Å². The number of carbonyl (C=O) groups excluding carboxylic acids is 2. The Morgan fingerprint density at radius 1 is 1.00 bits per heavy atom. The molecule has 7 heteroatoms. The molecule has 1 amide bonds. The van der Waals surface area contributed by atoms with Gasteiger partial charge < -0.3 is 9.80 Å². The number of ketones is 1. The third kappa shape index (κ3) is 4.76. The van der Waals surface area contributed by atoms with E-state index in [0.717, 1.165) is 50.3 Å². The Balaban J connectivity index is 1.33. The minimum Gasteiger partial charge on any atom is -0.341 e. The maximum Gasteiger partial charge on any atom is 0.225 e. The first kappa shape index (κ1) is 22.2. The second-order valence-electron chi connectivity index (χ2n) is 10.1. The number of piperazine rings is 1. The summed E-state index contributed by atoms with van der Waals surface area (Å²) in [6.45, 7) is 8.91. The lowest BCUT2D eigenvalue weighted by atomic mass is 9.80. The van der Waals surface area contributed by atoms with Crippen LogP contribution in [0.25, 0.3) is 0 Å². The smallest absolute Gasteiger partial charge is 0.225 e. The van der Waals surface area contributed by atoms with Gasteiger partial charge in [0, 0.05) is 74.6 Å². The topological polar surface area (TPSA) is 69.6 Å². The largest absolute Gasteiger partial charge is 0.341 e. The summed E-state index contributed by atoms with van der Waals surface area (Å²) in [6, 6.07) is 1.59. The van der Waals surface area contributed by atoms with Gasteiger partial charge in [0.2, 0.25) is 11.9 Å². The molecule has 1 aliphatic carbocycles. The summed E-state index contributed by atoms with van der Waals surface area (Å²) in [5.41, 5.74) is 0.963. The fourth-order valence-corrected chi connectivity index (χ4v) is 5.66. The Morgan fingerprint density at radius 2 is 1.55 bits per heavy atom. The predicted molar refractivity (Wildman–Crippen MR) is 121 cm³/mol. The fourth-order valence-electron chi connectivity index (χ4n) is 5.66. The van der Waals surface area contributed by atoms with Crippen molar-refractivity contribution in [1.82, 2.24) is 19.8 Å². The molecule has 1 aromatic rings. The molecule has 1 saturated carbocycles. The molecule has 3 aliphatic rings. The molecule has 31 heavy (non-hydrogen) atoms. The molecule has 2 unspecified atom stereocenters. The van der Waals surface area contributed by atoms with Crippen LogP contribution in [0.15, 0.2) is 12.4 Å². The predicted octanol–water partition coefficient (Wildman–Crippen LogP) is 2.89. The van der Waals surface area contributed by atoms with Crippen LogP contribution in [0, 0.1) is 11.8 Å². The molecule has 2 atom stereocenters. The fraction of sp³-hybridized carbons (Fsp3) is 0.750. The summed E-state index contributed by atoms with van der Waals surface area (Å²) >= 11 is 0. The highest BCUT2D eigenvalue weighted by atomic mass is 16.2. The molecule has 2 saturated heterocycles. The quantitative estimate of drug-likeness (QED) is 0.695. The molecule has 0 aromatic carbocycles. The average molecular weight is 428 g/mol. The van der Waals surface area contributed by atoms with Crippen LogP contribution < -0.4 is 4.90 Å². The van der Waals surface area contributed by atoms with Gasteiger partial charge in [-0.1, -0.05) is 0 Å². The summed E-state index contributed by atoms with van der Waals surface area (Å²) in [5.74, 6) is 1.45. The maximum atomic E-state index is 12.9. The van der Waals surface area contributed by atoms with E-state index < -0.39 is 0 Å². The minimum absolute atomic E-state index is 0.0358. The monoisotopic (exact) mass is 427 g/mol. The molecular weight excluding hydrogens is 390 g/mol. The van der Waals surface area contributed by atoms with Gasteiger partial charge in [0.1, 0.15) is 5.78 Å². The van der Waals surface area contributed by atoms with Gasteiger partial charge in [0.15, 0.2) is 0 Å². The Hall–Kier alpha value is -2.02. The van der Waals surface area contributed by atoms with E-state index >= 15 is 0 Å². The molecular formula is C24H37N5O2. The molecule has 4 rings (SSSR count). The van der Waals surface area contributed by atoms with E-state index in [4.69, 9.17) is 0 Å². The van der Waals surface area contributed by atoms with Crippen LogP contribution in [0.2, 0.25) is 0 Å². The highest BCUT2D eigenvalue weighted by Crippen LogP contribution is 2.34. The van der Waals surface area contributed by atoms with E-state index in [1.54, 1.807) is 11.8 Å². The van der Waals surface area contributed by atoms with E-state index in [0.29, 0.717) is 24.7 Å². The van der Waals surface area contributed by atoms with Gasteiger partial charge in [-0.25, -0.2) is 9.97 Å². The van der Waals surface area contributed by atoms with E-state index in [1.165, 1.54) is 12.8 Å². The van der Waals surface area contributed by atoms with Crippen LogP contribution >= 0.6 is 0 Å². The summed E-state index contributed by atoms with van der Waals surface area (Å²) in [4.78, 5) is 40.6. The van der Waals surface area contributed by atoms with Crippen molar-refractivity contribution in [2.24, 2.45) is 11.8 Å². The highest BCUT2D eigenvalue weighted by molar-refractivity contribution is 5.81. The zero-order valence-corrected chi connectivity index (χ0v) is 19.5. The molecule has 2 aliphatic heterocycles. The molecule has 7 nitrogen and oxygen atoms in total. The molecule has 0 N–H and O–H groups in total. The number of hydrogen-bond acceptors (Lipinski definition) is 6. The van der Waals surface area contributed by atoms with Crippen LogP contribution in [-0.4, -0.2) is 69.7 Å². The maximum absolute atomic E-state index is 12.9. The lowest BCUT2D eigenvalue weighted by Gasteiger charge is -2.42. The Labute approximate surface area is 186 Å². The summed E-state index contributed by atoms with van der Waals surface area (Å²) in [5, 5.41) is 0. The van der Waals surface area contributed by atoms with Crippen LogP contribution in [-0.2, 0) is 16.1 Å². The molecule has 0 spiro atoms. The van der Waals surface area contributed by atoms with Crippen molar-refractivity contribution in [3.63, 3.8) is 0 Å². The van der Waals surface area contributed by atoms with Gasteiger partial charge in [-0.05, 0) is 59.3 Å². The average Bonchev–Trinajstić information content (AvgIpc) is 3.02. The molecule has 2 bridgehead atoms. The third-order valence-corrected chi connectivity index (χ3v) is 7.61. The summed E-state index contributed by atoms with van der Waals surface area (Å²) in [7, 11) is 1.86. The molecule has 3 heterocycles. The molecule has 1 aromatic heterocycles. The van der Waals surface area contributed by atoms with E-state index in [9.17, 15) is 9.59 Å². The first-order chi connectivity index (χ1) is 14.8. The molecule has 3 fully saturated rings. The number of amides is 1. The number of Topliss-reactive ketones (excluding diaryl/α,β-unsaturated/α-hetero) is 1. The number of fused-ring (bicyclic) bond motifs is 2. The first-order valence-corrected chi connectivity index (χ1v) is 11.9. The first-order valence-electron chi connectivity index (χ1n) is 11.9. The van der Waals surface area contributed by atoms with E-state index in [-0.39, 0.29) is 23.5 Å². The van der Waals surface area contributed by atoms with Gasteiger partial charge in [-0.15, -0.1) is 0 Å². The van der Waals surface area contributed by atoms with Crippen molar-refractivity contribution >= 4 is 17.6 Å². The van der Waals surface area contributed by atoms with E-state index in [1.807, 2.05) is 19.4 Å². The van der Waals surface area contributed by atoms with Gasteiger partial charge in [-0.2, -0.15) is 0 Å². The molecule has 0 radical (unpaired) electrons. The zero-order chi connectivity index (χ0) is 22.1. The van der Waals surface area contributed by atoms with Crippen LogP contribution in [0.1, 0.15) is 64.9 Å². The summed E-state index contributed by atoms with van der Waals surface area (Å²) in [6.07, 6.45) is 9.49. The lowest BCUT2D eigenvalue weighted by molar-refractivity contribution is -0.137. The van der Waals surface area contributed by atoms with Crippen molar-refractivity contribution in [2.45, 2.75) is 84.0 Å². The number of rotatable bonds is 6. The Morgan fingerprint density at radius 3 is 2.06 bits per heavy atom. The van der Waals surface area contributed by atoms with Gasteiger partial charge >= 0.3 is 0 Å². The van der Waals surface area contributed by atoms with Gasteiger partial charge in [0.05, 0.1) is 0 Å². The van der Waals surface area contributed by atoms with Gasteiger partial charge in [-0.3, -0.25) is 14.5 Å². The van der Waals surface area contributed by atoms with Crippen molar-refractivity contribution in [3.05, 3.63) is 18.0 Å². The SMILES string of the molecule is CC(=O)[C@H]1CC[C@H](C(=O)N(C)Cc2cnc(N3C4CCC3CN(C(C)C)C4)nc2)CC1. The van der Waals surface area contributed by atoms with Crippen molar-refractivity contribution in [3.8, 4) is 0 Å². The van der Waals surface area contributed by atoms with Crippen LogP contribution in [0.5, 0.6) is 0 Å². The van der Waals surface area contributed by atoms with Crippen LogP contribution in [0.3, 0.4) is 0 Å². The zero-order valence-electron chi connectivity index (χ0n) is 19.5. The summed E-state index contributed by atoms with van der Waals surface area (Å²) < 4.78 is 0. The Kier molecular flexibility index (Phi) is 6.60. The van der Waals surface area contributed by atoms with Crippen LogP contribution in [0.4, 0.5) is 5.95 Å². The minimum atomic E-state index is 0.0358. The Bertz CT molecular complexity index is 774.